The summed E-state index contributed by atoms with van der Waals surface area (Å²) in [6.45, 7) is 5.73. The first-order valence-corrected chi connectivity index (χ1v) is 7.30. The largest absolute Gasteiger partial charge is 0.369 e. The Kier molecular flexibility index (Phi) is 4.76. The molecule has 0 saturated carbocycles. The molecule has 0 atom stereocenters. The number of rotatable bonds is 3. The number of guanidine groups is 1. The smallest absolute Gasteiger partial charge is 0.255 e. The predicted octanol–water partition coefficient (Wildman–Crippen LogP) is 1.46. The summed E-state index contributed by atoms with van der Waals surface area (Å²) >= 11 is 0. The molecule has 2 rings (SSSR count). The molecule has 1 aromatic heterocycles. The fourth-order valence-electron chi connectivity index (χ4n) is 2.50. The molecule has 0 aromatic carbocycles. The van der Waals surface area contributed by atoms with E-state index in [2.05, 4.69) is 15.0 Å². The van der Waals surface area contributed by atoms with Crippen molar-refractivity contribution < 1.29 is 0 Å². The van der Waals surface area contributed by atoms with Gasteiger partial charge in [-0.25, -0.2) is 4.98 Å². The highest BCUT2D eigenvalue weighted by atomic mass is 16.1. The summed E-state index contributed by atoms with van der Waals surface area (Å²) < 4.78 is 0. The van der Waals surface area contributed by atoms with Crippen molar-refractivity contribution in [3.05, 3.63) is 21.6 Å². The molecule has 6 heteroatoms. The minimum Gasteiger partial charge on any atom is -0.369 e. The van der Waals surface area contributed by atoms with Gasteiger partial charge >= 0.3 is 0 Å². The van der Waals surface area contributed by atoms with Gasteiger partial charge in [0.05, 0.1) is 5.69 Å². The van der Waals surface area contributed by atoms with Gasteiger partial charge in [0.1, 0.15) is 0 Å². The number of hydrogen-bond donors (Lipinski definition) is 2. The Morgan fingerprint density at radius 2 is 2.10 bits per heavy atom. The number of aromatic nitrogens is 2. The van der Waals surface area contributed by atoms with Gasteiger partial charge in [-0.15, -0.1) is 0 Å². The second-order valence-corrected chi connectivity index (χ2v) is 5.22. The number of aromatic amines is 1. The summed E-state index contributed by atoms with van der Waals surface area (Å²) in [7, 11) is 0. The topological polar surface area (TPSA) is 87.4 Å². The van der Waals surface area contributed by atoms with Gasteiger partial charge in [-0.2, -0.15) is 4.99 Å². The summed E-state index contributed by atoms with van der Waals surface area (Å²) in [5.74, 6) is 0.742. The van der Waals surface area contributed by atoms with Crippen LogP contribution in [0.2, 0.25) is 0 Å². The van der Waals surface area contributed by atoms with Crippen molar-refractivity contribution in [3.63, 3.8) is 0 Å². The van der Waals surface area contributed by atoms with Crippen LogP contribution in [0.4, 0.5) is 5.95 Å². The summed E-state index contributed by atoms with van der Waals surface area (Å²) in [5.41, 5.74) is 7.36. The molecule has 0 spiro atoms. The van der Waals surface area contributed by atoms with E-state index in [-0.39, 0.29) is 5.56 Å². The minimum absolute atomic E-state index is 0.107. The van der Waals surface area contributed by atoms with Crippen LogP contribution in [0.1, 0.15) is 43.9 Å². The Balaban J connectivity index is 2.22. The van der Waals surface area contributed by atoms with E-state index in [1.807, 2.05) is 18.7 Å². The van der Waals surface area contributed by atoms with Crippen LogP contribution in [0.25, 0.3) is 0 Å². The first kappa shape index (κ1) is 14.6. The zero-order valence-corrected chi connectivity index (χ0v) is 12.3. The molecule has 1 saturated heterocycles. The first-order valence-electron chi connectivity index (χ1n) is 7.30. The Morgan fingerprint density at radius 1 is 1.40 bits per heavy atom. The number of likely N-dealkylation sites (tertiary alicyclic amines) is 1. The van der Waals surface area contributed by atoms with Crippen molar-refractivity contribution in [2.45, 2.75) is 46.0 Å². The van der Waals surface area contributed by atoms with Crippen molar-refractivity contribution >= 4 is 11.9 Å². The van der Waals surface area contributed by atoms with Crippen LogP contribution < -0.4 is 11.3 Å². The summed E-state index contributed by atoms with van der Waals surface area (Å²) in [5, 5.41) is 0. The lowest BCUT2D eigenvalue weighted by atomic mass is 10.1. The molecule has 0 unspecified atom stereocenters. The zero-order chi connectivity index (χ0) is 14.5. The van der Waals surface area contributed by atoms with E-state index >= 15 is 0 Å². The second kappa shape index (κ2) is 6.54. The lowest BCUT2D eigenvalue weighted by Gasteiger charge is -2.27. The Labute approximate surface area is 119 Å². The molecular weight excluding hydrogens is 254 g/mol. The van der Waals surface area contributed by atoms with Crippen LogP contribution >= 0.6 is 0 Å². The second-order valence-electron chi connectivity index (χ2n) is 5.22. The van der Waals surface area contributed by atoms with Crippen molar-refractivity contribution in [1.82, 2.24) is 14.9 Å². The number of aliphatic imine (C=N–C) groups is 1. The Hall–Kier alpha value is -1.85. The molecule has 0 amide bonds. The van der Waals surface area contributed by atoms with E-state index in [1.54, 1.807) is 0 Å². The van der Waals surface area contributed by atoms with Crippen molar-refractivity contribution in [1.29, 1.82) is 0 Å². The van der Waals surface area contributed by atoms with Gasteiger partial charge in [0.2, 0.25) is 5.95 Å². The average molecular weight is 277 g/mol. The van der Waals surface area contributed by atoms with Crippen molar-refractivity contribution in [2.75, 3.05) is 13.1 Å². The molecule has 1 fully saturated rings. The van der Waals surface area contributed by atoms with E-state index in [1.165, 1.54) is 6.42 Å². The third-order valence-electron chi connectivity index (χ3n) is 3.61. The lowest BCUT2D eigenvalue weighted by molar-refractivity contribution is 0.339. The van der Waals surface area contributed by atoms with Gasteiger partial charge in [-0.3, -0.25) is 9.78 Å². The van der Waals surface area contributed by atoms with E-state index in [9.17, 15) is 4.79 Å². The van der Waals surface area contributed by atoms with Crippen molar-refractivity contribution in [3.8, 4) is 0 Å². The van der Waals surface area contributed by atoms with E-state index in [0.29, 0.717) is 11.9 Å². The SMILES string of the molecule is CCCc1c(C)nc(N=C(N)N2CCCCC2)[nH]c1=O. The highest BCUT2D eigenvalue weighted by Crippen LogP contribution is 2.11. The van der Waals surface area contributed by atoms with Crippen LogP contribution in [0.3, 0.4) is 0 Å². The first-order chi connectivity index (χ1) is 9.61. The van der Waals surface area contributed by atoms with Crippen LogP contribution in [0.15, 0.2) is 9.79 Å². The minimum atomic E-state index is -0.107. The summed E-state index contributed by atoms with van der Waals surface area (Å²) in [4.78, 5) is 25.3. The van der Waals surface area contributed by atoms with Gasteiger partial charge < -0.3 is 10.6 Å². The third kappa shape index (κ3) is 3.37. The van der Waals surface area contributed by atoms with Crippen LogP contribution in [-0.4, -0.2) is 33.9 Å². The van der Waals surface area contributed by atoms with E-state index in [4.69, 9.17) is 5.73 Å². The van der Waals surface area contributed by atoms with E-state index in [0.717, 1.165) is 50.0 Å². The number of nitrogens with one attached hydrogen (secondary N) is 1. The monoisotopic (exact) mass is 277 g/mol. The maximum Gasteiger partial charge on any atom is 0.255 e. The molecule has 6 nitrogen and oxygen atoms in total. The van der Waals surface area contributed by atoms with Gasteiger partial charge in [-0.1, -0.05) is 13.3 Å². The number of aryl methyl sites for hydroxylation is 1. The highest BCUT2D eigenvalue weighted by molar-refractivity contribution is 5.80. The molecule has 1 aromatic rings. The number of nitrogens with zero attached hydrogens (tertiary/aromatic N) is 3. The molecule has 0 bridgehead atoms. The average Bonchev–Trinajstić information content (AvgIpc) is 2.44. The van der Waals surface area contributed by atoms with Gasteiger partial charge in [0.15, 0.2) is 5.96 Å². The number of H-pyrrole nitrogens is 1. The van der Waals surface area contributed by atoms with Gasteiger partial charge in [0, 0.05) is 18.7 Å². The summed E-state index contributed by atoms with van der Waals surface area (Å²) in [6.07, 6.45) is 5.16. The highest BCUT2D eigenvalue weighted by Gasteiger charge is 2.13. The zero-order valence-electron chi connectivity index (χ0n) is 12.3. The molecule has 0 aliphatic carbocycles. The molecule has 3 N–H and O–H groups in total. The molecule has 1 aliphatic heterocycles. The molecule has 0 radical (unpaired) electrons. The number of nitrogens with two attached hydrogens (primary N) is 1. The van der Waals surface area contributed by atoms with E-state index < -0.39 is 0 Å². The number of piperidine rings is 1. The third-order valence-corrected chi connectivity index (χ3v) is 3.61. The van der Waals surface area contributed by atoms with Crippen LogP contribution in [0.5, 0.6) is 0 Å². The standard InChI is InChI=1S/C14H23N5O/c1-3-7-11-10(2)16-14(17-12(11)20)18-13(15)19-8-5-4-6-9-19/h3-9H2,1-2H3,(H3,15,16,17,18,20). The Morgan fingerprint density at radius 3 is 2.70 bits per heavy atom. The predicted molar refractivity (Wildman–Crippen MR) is 80.3 cm³/mol. The fourth-order valence-corrected chi connectivity index (χ4v) is 2.50. The normalized spacial score (nSPS) is 16.5. The van der Waals surface area contributed by atoms with Gasteiger partial charge in [0.25, 0.3) is 5.56 Å². The lowest BCUT2D eigenvalue weighted by Crippen LogP contribution is -2.40. The van der Waals surface area contributed by atoms with Gasteiger partial charge in [-0.05, 0) is 32.6 Å². The van der Waals surface area contributed by atoms with Crippen molar-refractivity contribution in [2.24, 2.45) is 10.7 Å². The van der Waals surface area contributed by atoms with Crippen LogP contribution in [0, 0.1) is 6.92 Å². The number of hydrogen-bond acceptors (Lipinski definition) is 3. The molecule has 110 valence electrons. The fraction of sp³-hybridized carbons (Fsp3) is 0.643. The molecular formula is C14H23N5O. The molecule has 20 heavy (non-hydrogen) atoms. The molecule has 2 heterocycles. The quantitative estimate of drug-likeness (QED) is 0.647. The molecule has 1 aliphatic rings. The maximum atomic E-state index is 12.0. The summed E-state index contributed by atoms with van der Waals surface area (Å²) in [6, 6.07) is 0. The van der Waals surface area contributed by atoms with Crippen LogP contribution in [-0.2, 0) is 6.42 Å². The maximum absolute atomic E-state index is 12.0. The Bertz CT molecular complexity index is 543.